The van der Waals surface area contributed by atoms with E-state index in [0.29, 0.717) is 11.8 Å². The standard InChI is InChI=1S/C14H19ClFN3S.HI/c1-17-14(19-9-11-3-2-6-20-11)18-8-10-4-5-13(16)12(15)7-10;/h4-5,7,11H,2-3,6,8-9H2,1H3,(H2,17,18,19);1H. The molecule has 118 valence electrons. The second-order valence-electron chi connectivity index (χ2n) is 4.69. The highest BCUT2D eigenvalue weighted by atomic mass is 127. The van der Waals surface area contributed by atoms with Gasteiger partial charge in [0.1, 0.15) is 5.82 Å². The van der Waals surface area contributed by atoms with Gasteiger partial charge in [0, 0.05) is 25.4 Å². The molecule has 2 N–H and O–H groups in total. The number of nitrogens with zero attached hydrogens (tertiary/aromatic N) is 1. The molecule has 3 nitrogen and oxygen atoms in total. The minimum absolute atomic E-state index is 0. The largest absolute Gasteiger partial charge is 0.355 e. The average molecular weight is 444 g/mol. The van der Waals surface area contributed by atoms with Crippen molar-refractivity contribution >= 4 is 53.3 Å². The van der Waals surface area contributed by atoms with Crippen LogP contribution in [0, 0.1) is 5.82 Å². The van der Waals surface area contributed by atoms with Crippen molar-refractivity contribution in [2.45, 2.75) is 24.6 Å². The third kappa shape index (κ3) is 6.20. The van der Waals surface area contributed by atoms with Gasteiger partial charge < -0.3 is 10.6 Å². The molecule has 7 heteroatoms. The van der Waals surface area contributed by atoms with Crippen molar-refractivity contribution in [3.63, 3.8) is 0 Å². The molecule has 1 heterocycles. The Morgan fingerprint density at radius 1 is 1.48 bits per heavy atom. The third-order valence-electron chi connectivity index (χ3n) is 3.19. The van der Waals surface area contributed by atoms with E-state index >= 15 is 0 Å². The second kappa shape index (κ2) is 9.74. The van der Waals surface area contributed by atoms with Crippen LogP contribution in [0.4, 0.5) is 4.39 Å². The van der Waals surface area contributed by atoms with Crippen LogP contribution in [-0.2, 0) is 6.54 Å². The van der Waals surface area contributed by atoms with Gasteiger partial charge in [-0.2, -0.15) is 11.8 Å². The maximum atomic E-state index is 13.1. The van der Waals surface area contributed by atoms with Crippen molar-refractivity contribution in [2.75, 3.05) is 19.3 Å². The van der Waals surface area contributed by atoms with Gasteiger partial charge in [0.2, 0.25) is 0 Å². The SMILES string of the molecule is CN=C(NCc1ccc(F)c(Cl)c1)NCC1CCCS1.I. The number of halogens is 3. The molecular weight excluding hydrogens is 424 g/mol. The molecule has 1 aromatic carbocycles. The Hall–Kier alpha value is -0.210. The van der Waals surface area contributed by atoms with E-state index in [0.717, 1.165) is 18.1 Å². The number of thioether (sulfide) groups is 1. The number of hydrogen-bond donors (Lipinski definition) is 2. The van der Waals surface area contributed by atoms with Gasteiger partial charge in [-0.1, -0.05) is 17.7 Å². The summed E-state index contributed by atoms with van der Waals surface area (Å²) in [6, 6.07) is 4.73. The van der Waals surface area contributed by atoms with Crippen LogP contribution < -0.4 is 10.6 Å². The van der Waals surface area contributed by atoms with Gasteiger partial charge in [-0.3, -0.25) is 4.99 Å². The maximum Gasteiger partial charge on any atom is 0.191 e. The van der Waals surface area contributed by atoms with Crippen LogP contribution in [0.15, 0.2) is 23.2 Å². The summed E-state index contributed by atoms with van der Waals surface area (Å²) < 4.78 is 13.1. The lowest BCUT2D eigenvalue weighted by Crippen LogP contribution is -2.39. The van der Waals surface area contributed by atoms with Gasteiger partial charge in [-0.05, 0) is 36.3 Å². The third-order valence-corrected chi connectivity index (χ3v) is 4.88. The Morgan fingerprint density at radius 3 is 2.90 bits per heavy atom. The fraction of sp³-hybridized carbons (Fsp3) is 0.500. The number of benzene rings is 1. The van der Waals surface area contributed by atoms with Gasteiger partial charge in [0.15, 0.2) is 5.96 Å². The van der Waals surface area contributed by atoms with Crippen molar-refractivity contribution in [1.29, 1.82) is 0 Å². The number of rotatable bonds is 4. The van der Waals surface area contributed by atoms with Crippen LogP contribution in [0.3, 0.4) is 0 Å². The summed E-state index contributed by atoms with van der Waals surface area (Å²) in [6.45, 7) is 1.49. The van der Waals surface area contributed by atoms with Crippen molar-refractivity contribution in [3.05, 3.63) is 34.6 Å². The predicted octanol–water partition coefficient (Wildman–Crippen LogP) is 3.66. The summed E-state index contributed by atoms with van der Waals surface area (Å²) in [5.74, 6) is 1.63. The lowest BCUT2D eigenvalue weighted by molar-refractivity contribution is 0.627. The highest BCUT2D eigenvalue weighted by molar-refractivity contribution is 14.0. The minimum Gasteiger partial charge on any atom is -0.355 e. The van der Waals surface area contributed by atoms with E-state index in [1.54, 1.807) is 19.2 Å². The van der Waals surface area contributed by atoms with Crippen molar-refractivity contribution in [3.8, 4) is 0 Å². The normalized spacial score (nSPS) is 18.2. The van der Waals surface area contributed by atoms with Crippen molar-refractivity contribution < 1.29 is 4.39 Å². The number of guanidine groups is 1. The van der Waals surface area contributed by atoms with E-state index in [4.69, 9.17) is 11.6 Å². The number of aliphatic imine (C=N–C) groups is 1. The quantitative estimate of drug-likeness (QED) is 0.424. The van der Waals surface area contributed by atoms with Crippen LogP contribution in [0.2, 0.25) is 5.02 Å². The summed E-state index contributed by atoms with van der Waals surface area (Å²) in [4.78, 5) is 4.18. The molecule has 0 aliphatic carbocycles. The van der Waals surface area contributed by atoms with E-state index in [9.17, 15) is 4.39 Å². The Morgan fingerprint density at radius 2 is 2.29 bits per heavy atom. The molecule has 0 amide bonds. The van der Waals surface area contributed by atoms with E-state index in [1.165, 1.54) is 24.7 Å². The summed E-state index contributed by atoms with van der Waals surface area (Å²) in [7, 11) is 1.74. The molecule has 21 heavy (non-hydrogen) atoms. The highest BCUT2D eigenvalue weighted by Gasteiger charge is 2.15. The van der Waals surface area contributed by atoms with Crippen LogP contribution in [0.1, 0.15) is 18.4 Å². The predicted molar refractivity (Wildman–Crippen MR) is 101 cm³/mol. The topological polar surface area (TPSA) is 36.4 Å². The number of hydrogen-bond acceptors (Lipinski definition) is 2. The molecule has 0 radical (unpaired) electrons. The zero-order valence-corrected chi connectivity index (χ0v) is 15.8. The molecule has 1 aliphatic heterocycles. The maximum absolute atomic E-state index is 13.1. The summed E-state index contributed by atoms with van der Waals surface area (Å²) in [6.07, 6.45) is 2.57. The Labute approximate surface area is 151 Å². The van der Waals surface area contributed by atoms with Gasteiger partial charge in [0.05, 0.1) is 5.02 Å². The summed E-state index contributed by atoms with van der Waals surface area (Å²) in [5.41, 5.74) is 0.926. The fourth-order valence-corrected chi connectivity index (χ4v) is 3.48. The highest BCUT2D eigenvalue weighted by Crippen LogP contribution is 2.25. The Balaban J connectivity index is 0.00000220. The minimum atomic E-state index is -0.392. The first-order valence-corrected chi connectivity index (χ1v) is 8.12. The van der Waals surface area contributed by atoms with Crippen molar-refractivity contribution in [2.24, 2.45) is 4.99 Å². The fourth-order valence-electron chi connectivity index (χ4n) is 2.07. The van der Waals surface area contributed by atoms with E-state index < -0.39 is 5.82 Å². The first-order chi connectivity index (χ1) is 9.69. The zero-order valence-electron chi connectivity index (χ0n) is 11.9. The molecule has 0 saturated carbocycles. The van der Waals surface area contributed by atoms with Gasteiger partial charge in [0.25, 0.3) is 0 Å². The molecule has 1 aliphatic rings. The van der Waals surface area contributed by atoms with Gasteiger partial charge in [-0.25, -0.2) is 4.39 Å². The molecule has 1 unspecified atom stereocenters. The van der Waals surface area contributed by atoms with Crippen LogP contribution >= 0.6 is 47.3 Å². The van der Waals surface area contributed by atoms with Crippen LogP contribution in [0.5, 0.6) is 0 Å². The lowest BCUT2D eigenvalue weighted by Gasteiger charge is -2.15. The molecule has 2 rings (SSSR count). The molecule has 1 saturated heterocycles. The van der Waals surface area contributed by atoms with Gasteiger partial charge in [-0.15, -0.1) is 24.0 Å². The Bertz CT molecular complexity index is 481. The monoisotopic (exact) mass is 443 g/mol. The second-order valence-corrected chi connectivity index (χ2v) is 6.51. The molecule has 1 aromatic rings. The summed E-state index contributed by atoms with van der Waals surface area (Å²) in [5, 5.41) is 7.35. The van der Waals surface area contributed by atoms with Gasteiger partial charge >= 0.3 is 0 Å². The smallest absolute Gasteiger partial charge is 0.191 e. The Kier molecular flexibility index (Phi) is 8.73. The molecule has 0 spiro atoms. The van der Waals surface area contributed by atoms with Crippen LogP contribution in [-0.4, -0.2) is 30.6 Å². The lowest BCUT2D eigenvalue weighted by atomic mass is 10.2. The van der Waals surface area contributed by atoms with E-state index in [1.807, 2.05) is 11.8 Å². The van der Waals surface area contributed by atoms with Crippen molar-refractivity contribution in [1.82, 2.24) is 10.6 Å². The molecule has 1 fully saturated rings. The first kappa shape index (κ1) is 18.8. The number of nitrogens with one attached hydrogen (secondary N) is 2. The molecule has 0 aromatic heterocycles. The van der Waals surface area contributed by atoms with E-state index in [-0.39, 0.29) is 29.0 Å². The molecule has 0 bridgehead atoms. The van der Waals surface area contributed by atoms with Crippen LogP contribution in [0.25, 0.3) is 0 Å². The molecule has 1 atom stereocenters. The average Bonchev–Trinajstić information content (AvgIpc) is 2.96. The molecular formula is C14H20ClFIN3S. The van der Waals surface area contributed by atoms with E-state index in [2.05, 4.69) is 15.6 Å². The zero-order chi connectivity index (χ0) is 14.4. The summed E-state index contributed by atoms with van der Waals surface area (Å²) >= 11 is 7.77. The first-order valence-electron chi connectivity index (χ1n) is 6.69.